The van der Waals surface area contributed by atoms with Crippen LogP contribution in [-0.4, -0.2) is 12.4 Å². The fourth-order valence-corrected chi connectivity index (χ4v) is 2.22. The number of ether oxygens (including phenoxy) is 1. The van der Waals surface area contributed by atoms with E-state index in [-0.39, 0.29) is 5.82 Å². The SMILES string of the molecule is Cc1ccc(F)c(OCCCCCCCCCS)c1. The molecule has 19 heavy (non-hydrogen) atoms. The highest BCUT2D eigenvalue weighted by molar-refractivity contribution is 7.80. The smallest absolute Gasteiger partial charge is 0.165 e. The normalized spacial score (nSPS) is 10.7. The van der Waals surface area contributed by atoms with Crippen LogP contribution in [0.3, 0.4) is 0 Å². The van der Waals surface area contributed by atoms with Gasteiger partial charge in [-0.25, -0.2) is 4.39 Å². The summed E-state index contributed by atoms with van der Waals surface area (Å²) in [5, 5.41) is 0. The summed E-state index contributed by atoms with van der Waals surface area (Å²) >= 11 is 4.19. The van der Waals surface area contributed by atoms with Gasteiger partial charge in [0.15, 0.2) is 11.6 Å². The average Bonchev–Trinajstić information content (AvgIpc) is 2.40. The molecule has 0 aliphatic rings. The maximum absolute atomic E-state index is 13.4. The number of unbranched alkanes of at least 4 members (excludes halogenated alkanes) is 6. The molecule has 0 radical (unpaired) electrons. The summed E-state index contributed by atoms with van der Waals surface area (Å²) in [6.45, 7) is 2.55. The lowest BCUT2D eigenvalue weighted by Crippen LogP contribution is -1.99. The van der Waals surface area contributed by atoms with Gasteiger partial charge in [-0.05, 0) is 43.2 Å². The Morgan fingerprint density at radius 2 is 1.63 bits per heavy atom. The summed E-state index contributed by atoms with van der Waals surface area (Å²) in [5.74, 6) is 1.11. The van der Waals surface area contributed by atoms with Gasteiger partial charge < -0.3 is 4.74 Å². The number of hydrogen-bond donors (Lipinski definition) is 1. The van der Waals surface area contributed by atoms with Crippen molar-refractivity contribution >= 4 is 12.6 Å². The first-order chi connectivity index (χ1) is 9.24. The van der Waals surface area contributed by atoms with E-state index in [1.54, 1.807) is 12.1 Å². The minimum absolute atomic E-state index is 0.266. The van der Waals surface area contributed by atoms with E-state index in [2.05, 4.69) is 12.6 Å². The topological polar surface area (TPSA) is 9.23 Å². The average molecular weight is 284 g/mol. The van der Waals surface area contributed by atoms with Gasteiger partial charge in [0.25, 0.3) is 0 Å². The third-order valence-corrected chi connectivity index (χ3v) is 3.46. The molecule has 0 saturated carbocycles. The lowest BCUT2D eigenvalue weighted by Gasteiger charge is -2.08. The molecule has 1 rings (SSSR count). The zero-order valence-corrected chi connectivity index (χ0v) is 12.7. The Balaban J connectivity index is 2.03. The Kier molecular flexibility index (Phi) is 8.72. The van der Waals surface area contributed by atoms with Crippen LogP contribution in [0.5, 0.6) is 5.75 Å². The van der Waals surface area contributed by atoms with Crippen molar-refractivity contribution in [3.8, 4) is 5.75 Å². The Morgan fingerprint density at radius 1 is 1.00 bits per heavy atom. The summed E-state index contributed by atoms with van der Waals surface area (Å²) < 4.78 is 18.9. The largest absolute Gasteiger partial charge is 0.491 e. The highest BCUT2D eigenvalue weighted by atomic mass is 32.1. The number of thiol groups is 1. The quantitative estimate of drug-likeness (QED) is 0.460. The molecular weight excluding hydrogens is 259 g/mol. The molecule has 0 N–H and O–H groups in total. The van der Waals surface area contributed by atoms with Crippen molar-refractivity contribution in [1.82, 2.24) is 0 Å². The molecule has 1 aromatic carbocycles. The first kappa shape index (κ1) is 16.4. The second-order valence-electron chi connectivity index (χ2n) is 4.98. The van der Waals surface area contributed by atoms with E-state index < -0.39 is 0 Å². The fourth-order valence-electron chi connectivity index (χ4n) is 2.00. The van der Waals surface area contributed by atoms with Crippen molar-refractivity contribution in [1.29, 1.82) is 0 Å². The third-order valence-electron chi connectivity index (χ3n) is 3.15. The highest BCUT2D eigenvalue weighted by Crippen LogP contribution is 2.18. The van der Waals surface area contributed by atoms with E-state index >= 15 is 0 Å². The molecule has 0 aromatic heterocycles. The molecule has 0 heterocycles. The van der Waals surface area contributed by atoms with E-state index in [0.717, 1.165) is 24.2 Å². The monoisotopic (exact) mass is 284 g/mol. The van der Waals surface area contributed by atoms with Crippen LogP contribution in [0.4, 0.5) is 4.39 Å². The van der Waals surface area contributed by atoms with E-state index in [9.17, 15) is 4.39 Å². The van der Waals surface area contributed by atoms with Gasteiger partial charge in [0, 0.05) is 0 Å². The first-order valence-electron chi connectivity index (χ1n) is 7.24. The van der Waals surface area contributed by atoms with E-state index in [1.165, 1.54) is 38.2 Å². The fraction of sp³-hybridized carbons (Fsp3) is 0.625. The van der Waals surface area contributed by atoms with E-state index in [1.807, 2.05) is 6.92 Å². The number of hydrogen-bond acceptors (Lipinski definition) is 2. The second-order valence-corrected chi connectivity index (χ2v) is 5.43. The lowest BCUT2D eigenvalue weighted by molar-refractivity contribution is 0.289. The number of rotatable bonds is 10. The summed E-state index contributed by atoms with van der Waals surface area (Å²) in [7, 11) is 0. The Hall–Kier alpha value is -0.700. The van der Waals surface area contributed by atoms with Crippen LogP contribution in [0, 0.1) is 12.7 Å². The van der Waals surface area contributed by atoms with Gasteiger partial charge in [0.1, 0.15) is 0 Å². The van der Waals surface area contributed by atoms with Crippen molar-refractivity contribution < 1.29 is 9.13 Å². The van der Waals surface area contributed by atoms with Crippen molar-refractivity contribution in [2.75, 3.05) is 12.4 Å². The van der Waals surface area contributed by atoms with Crippen LogP contribution in [0.15, 0.2) is 18.2 Å². The van der Waals surface area contributed by atoms with Crippen LogP contribution in [0.25, 0.3) is 0 Å². The Morgan fingerprint density at radius 3 is 2.32 bits per heavy atom. The molecule has 0 aliphatic carbocycles. The predicted octanol–water partition coefficient (Wildman–Crippen LogP) is 5.17. The Labute approximate surface area is 122 Å². The summed E-state index contributed by atoms with van der Waals surface area (Å²) in [4.78, 5) is 0. The molecule has 0 amide bonds. The molecule has 0 aliphatic heterocycles. The van der Waals surface area contributed by atoms with Crippen molar-refractivity contribution in [3.05, 3.63) is 29.6 Å². The Bertz CT molecular complexity index is 355. The van der Waals surface area contributed by atoms with Crippen LogP contribution in [0.1, 0.15) is 50.5 Å². The zero-order valence-electron chi connectivity index (χ0n) is 11.8. The summed E-state index contributed by atoms with van der Waals surface area (Å²) in [6.07, 6.45) is 8.49. The molecular formula is C16H25FOS. The minimum atomic E-state index is -0.266. The summed E-state index contributed by atoms with van der Waals surface area (Å²) in [6, 6.07) is 4.98. The molecule has 3 heteroatoms. The third kappa shape index (κ3) is 7.46. The van der Waals surface area contributed by atoms with Gasteiger partial charge in [-0.2, -0.15) is 12.6 Å². The van der Waals surface area contributed by atoms with Gasteiger partial charge in [-0.3, -0.25) is 0 Å². The number of aryl methyl sites for hydroxylation is 1. The van der Waals surface area contributed by atoms with Crippen LogP contribution in [0.2, 0.25) is 0 Å². The molecule has 0 fully saturated rings. The molecule has 0 spiro atoms. The number of benzene rings is 1. The molecule has 0 saturated heterocycles. The first-order valence-corrected chi connectivity index (χ1v) is 7.87. The van der Waals surface area contributed by atoms with Gasteiger partial charge in [-0.15, -0.1) is 0 Å². The number of halogens is 1. The van der Waals surface area contributed by atoms with E-state index in [0.29, 0.717) is 12.4 Å². The van der Waals surface area contributed by atoms with Crippen molar-refractivity contribution in [2.45, 2.75) is 51.9 Å². The molecule has 1 nitrogen and oxygen atoms in total. The molecule has 1 aromatic rings. The van der Waals surface area contributed by atoms with Gasteiger partial charge in [-0.1, -0.05) is 38.2 Å². The minimum Gasteiger partial charge on any atom is -0.491 e. The second kappa shape index (κ2) is 10.1. The maximum Gasteiger partial charge on any atom is 0.165 e. The lowest BCUT2D eigenvalue weighted by atomic mass is 10.1. The van der Waals surface area contributed by atoms with Gasteiger partial charge in [0.2, 0.25) is 0 Å². The van der Waals surface area contributed by atoms with Gasteiger partial charge >= 0.3 is 0 Å². The molecule has 0 atom stereocenters. The van der Waals surface area contributed by atoms with Crippen molar-refractivity contribution in [2.24, 2.45) is 0 Å². The van der Waals surface area contributed by atoms with Crippen LogP contribution >= 0.6 is 12.6 Å². The van der Waals surface area contributed by atoms with E-state index in [4.69, 9.17) is 4.74 Å². The standard InChI is InChI=1S/C16H25FOS/c1-14-9-10-15(17)16(13-14)18-11-7-5-3-2-4-6-8-12-19/h9-10,13,19H,2-8,11-12H2,1H3. The van der Waals surface area contributed by atoms with Crippen molar-refractivity contribution in [3.63, 3.8) is 0 Å². The molecule has 0 unspecified atom stereocenters. The van der Waals surface area contributed by atoms with Crippen LogP contribution in [-0.2, 0) is 0 Å². The summed E-state index contributed by atoms with van der Waals surface area (Å²) in [5.41, 5.74) is 1.03. The zero-order chi connectivity index (χ0) is 13.9. The van der Waals surface area contributed by atoms with Gasteiger partial charge in [0.05, 0.1) is 6.61 Å². The van der Waals surface area contributed by atoms with Crippen LogP contribution < -0.4 is 4.74 Å². The maximum atomic E-state index is 13.4. The molecule has 108 valence electrons. The highest BCUT2D eigenvalue weighted by Gasteiger charge is 2.02. The predicted molar refractivity (Wildman–Crippen MR) is 82.8 cm³/mol. The molecule has 0 bridgehead atoms.